The lowest BCUT2D eigenvalue weighted by Crippen LogP contribution is -2.43. The van der Waals surface area contributed by atoms with Crippen LogP contribution in [0.1, 0.15) is 24.1 Å². The van der Waals surface area contributed by atoms with E-state index in [0.717, 1.165) is 19.6 Å². The number of nitrogens with two attached hydrogens (primary N) is 1. The quantitative estimate of drug-likeness (QED) is 0.930. The highest BCUT2D eigenvalue weighted by molar-refractivity contribution is 7.09. The summed E-state index contributed by atoms with van der Waals surface area (Å²) in [5.41, 5.74) is 5.46. The third-order valence-corrected chi connectivity index (χ3v) is 5.78. The fourth-order valence-corrected chi connectivity index (χ4v) is 4.70. The Balaban J connectivity index is 1.68. The molecule has 0 unspecified atom stereocenters. The number of amides is 2. The average molecular weight is 293 g/mol. The number of primary amides is 1. The van der Waals surface area contributed by atoms with Crippen molar-refractivity contribution in [1.82, 2.24) is 9.80 Å². The molecule has 20 heavy (non-hydrogen) atoms. The molecule has 0 radical (unpaired) electrons. The molecule has 1 saturated heterocycles. The van der Waals surface area contributed by atoms with E-state index >= 15 is 0 Å². The van der Waals surface area contributed by atoms with Crippen LogP contribution in [0.15, 0.2) is 17.5 Å². The smallest absolute Gasteiger partial charge is 0.314 e. The highest BCUT2D eigenvalue weighted by Gasteiger charge is 2.42. The zero-order chi connectivity index (χ0) is 14.1. The van der Waals surface area contributed by atoms with Crippen LogP contribution in [0.2, 0.25) is 0 Å². The van der Waals surface area contributed by atoms with Crippen molar-refractivity contribution >= 4 is 17.4 Å². The minimum atomic E-state index is -0.251. The van der Waals surface area contributed by atoms with E-state index in [2.05, 4.69) is 29.5 Å². The molecule has 3 atom stereocenters. The Morgan fingerprint density at radius 3 is 3.05 bits per heavy atom. The van der Waals surface area contributed by atoms with E-state index in [9.17, 15) is 4.79 Å². The van der Waals surface area contributed by atoms with Crippen LogP contribution >= 0.6 is 11.3 Å². The summed E-state index contributed by atoms with van der Waals surface area (Å²) >= 11 is 1.82. The zero-order valence-electron chi connectivity index (χ0n) is 12.0. The summed E-state index contributed by atoms with van der Waals surface area (Å²) in [7, 11) is 2.22. The Labute approximate surface area is 124 Å². The fourth-order valence-electron chi connectivity index (χ4n) is 3.93. The second kappa shape index (κ2) is 5.74. The van der Waals surface area contributed by atoms with Crippen molar-refractivity contribution in [1.29, 1.82) is 0 Å². The van der Waals surface area contributed by atoms with Gasteiger partial charge in [0.25, 0.3) is 0 Å². The van der Waals surface area contributed by atoms with E-state index in [1.807, 2.05) is 16.2 Å². The van der Waals surface area contributed by atoms with Crippen molar-refractivity contribution in [3.63, 3.8) is 0 Å². The summed E-state index contributed by atoms with van der Waals surface area (Å²) in [6.07, 6.45) is 3.76. The van der Waals surface area contributed by atoms with Gasteiger partial charge in [0, 0.05) is 30.6 Å². The van der Waals surface area contributed by atoms with Gasteiger partial charge in [0.05, 0.1) is 0 Å². The maximum atomic E-state index is 11.4. The van der Waals surface area contributed by atoms with E-state index in [1.165, 1.54) is 24.1 Å². The minimum Gasteiger partial charge on any atom is -0.351 e. The molecule has 3 rings (SSSR count). The molecule has 0 aromatic carbocycles. The van der Waals surface area contributed by atoms with Crippen LogP contribution in [-0.4, -0.2) is 42.0 Å². The number of fused-ring (bicyclic) bond motifs is 1. The Kier molecular flexibility index (Phi) is 3.98. The summed E-state index contributed by atoms with van der Waals surface area (Å²) in [5, 5.41) is 2.14. The van der Waals surface area contributed by atoms with E-state index in [4.69, 9.17) is 5.73 Å². The second-order valence-corrected chi connectivity index (χ2v) is 7.19. The number of carbonyl (C=O) groups excluding carboxylic acids is 1. The van der Waals surface area contributed by atoms with Gasteiger partial charge >= 0.3 is 6.03 Å². The van der Waals surface area contributed by atoms with Crippen LogP contribution in [0.25, 0.3) is 0 Å². The van der Waals surface area contributed by atoms with Crippen LogP contribution < -0.4 is 5.73 Å². The van der Waals surface area contributed by atoms with Crippen LogP contribution in [0.3, 0.4) is 0 Å². The summed E-state index contributed by atoms with van der Waals surface area (Å²) < 4.78 is 0. The first-order valence-electron chi connectivity index (χ1n) is 7.42. The van der Waals surface area contributed by atoms with Crippen molar-refractivity contribution < 1.29 is 4.79 Å². The van der Waals surface area contributed by atoms with Crippen molar-refractivity contribution in [3.05, 3.63) is 22.4 Å². The molecule has 2 heterocycles. The number of likely N-dealkylation sites (tertiary alicyclic amines) is 1. The molecule has 110 valence electrons. The Morgan fingerprint density at radius 2 is 2.35 bits per heavy atom. The van der Waals surface area contributed by atoms with Gasteiger partial charge < -0.3 is 10.6 Å². The highest BCUT2D eigenvalue weighted by atomic mass is 32.1. The van der Waals surface area contributed by atoms with Crippen LogP contribution in [-0.2, 0) is 6.54 Å². The van der Waals surface area contributed by atoms with Gasteiger partial charge in [0.15, 0.2) is 0 Å². The Morgan fingerprint density at radius 1 is 1.50 bits per heavy atom. The molecule has 2 amide bonds. The van der Waals surface area contributed by atoms with Gasteiger partial charge in [-0.15, -0.1) is 11.3 Å². The van der Waals surface area contributed by atoms with Gasteiger partial charge in [0.2, 0.25) is 0 Å². The second-order valence-electron chi connectivity index (χ2n) is 6.16. The van der Waals surface area contributed by atoms with Crippen molar-refractivity contribution in [2.24, 2.45) is 17.6 Å². The molecule has 1 saturated carbocycles. The predicted octanol–water partition coefficient (Wildman–Crippen LogP) is 2.36. The summed E-state index contributed by atoms with van der Waals surface area (Å²) in [4.78, 5) is 17.1. The Bertz CT molecular complexity index is 462. The van der Waals surface area contributed by atoms with Crippen LogP contribution in [0, 0.1) is 11.8 Å². The molecule has 1 aliphatic carbocycles. The molecule has 2 N–H and O–H groups in total. The lowest BCUT2D eigenvalue weighted by Gasteiger charge is -2.38. The first kappa shape index (κ1) is 13.9. The average Bonchev–Trinajstić information content (AvgIpc) is 3.05. The maximum Gasteiger partial charge on any atom is 0.314 e. The summed E-state index contributed by atoms with van der Waals surface area (Å²) in [6.45, 7) is 2.73. The predicted molar refractivity (Wildman–Crippen MR) is 81.6 cm³/mol. The van der Waals surface area contributed by atoms with Gasteiger partial charge in [-0.05, 0) is 43.2 Å². The third-order valence-electron chi connectivity index (χ3n) is 4.92. The Hall–Kier alpha value is -1.07. The molecule has 1 aromatic heterocycles. The van der Waals surface area contributed by atoms with Crippen molar-refractivity contribution in [3.8, 4) is 0 Å². The van der Waals surface area contributed by atoms with E-state index < -0.39 is 0 Å². The first-order valence-corrected chi connectivity index (χ1v) is 8.30. The molecule has 1 aromatic rings. The topological polar surface area (TPSA) is 49.6 Å². The molecular formula is C15H23N3OS. The standard InChI is InChI=1S/C15H23N3OS/c1-17(9-12-5-3-7-20-12)14-6-2-4-11-8-18(15(16)19)10-13(11)14/h3,5,7,11,13-14H,2,4,6,8-10H2,1H3,(H2,16,19)/t11-,13+,14-/m1/s1. The number of carbonyl (C=O) groups is 1. The minimum absolute atomic E-state index is 0.251. The summed E-state index contributed by atoms with van der Waals surface area (Å²) in [5.74, 6) is 1.24. The van der Waals surface area contributed by atoms with Gasteiger partial charge in [0.1, 0.15) is 0 Å². The van der Waals surface area contributed by atoms with Crippen molar-refractivity contribution in [2.45, 2.75) is 31.8 Å². The lowest BCUT2D eigenvalue weighted by molar-refractivity contribution is 0.106. The van der Waals surface area contributed by atoms with Crippen LogP contribution in [0.4, 0.5) is 4.79 Å². The largest absolute Gasteiger partial charge is 0.351 e. The highest BCUT2D eigenvalue weighted by Crippen LogP contribution is 2.38. The molecule has 5 heteroatoms. The van der Waals surface area contributed by atoms with Crippen LogP contribution in [0.5, 0.6) is 0 Å². The zero-order valence-corrected chi connectivity index (χ0v) is 12.8. The third kappa shape index (κ3) is 2.69. The number of thiophene rings is 1. The van der Waals surface area contributed by atoms with E-state index in [-0.39, 0.29) is 6.03 Å². The van der Waals surface area contributed by atoms with E-state index in [0.29, 0.717) is 17.9 Å². The van der Waals surface area contributed by atoms with Gasteiger partial charge in [-0.25, -0.2) is 4.79 Å². The van der Waals surface area contributed by atoms with Crippen molar-refractivity contribution in [2.75, 3.05) is 20.1 Å². The lowest BCUT2D eigenvalue weighted by atomic mass is 9.77. The number of urea groups is 1. The number of hydrogen-bond donors (Lipinski definition) is 1. The van der Waals surface area contributed by atoms with Gasteiger partial charge in [-0.3, -0.25) is 4.90 Å². The summed E-state index contributed by atoms with van der Waals surface area (Å²) in [6, 6.07) is 4.65. The molecule has 0 spiro atoms. The molecule has 0 bridgehead atoms. The fraction of sp³-hybridized carbons (Fsp3) is 0.667. The molecule has 2 aliphatic rings. The SMILES string of the molecule is CN(Cc1cccs1)[C@@H]1CCC[C@@H]2CN(C(N)=O)C[C@@H]21. The first-order chi connectivity index (χ1) is 9.65. The normalized spacial score (nSPS) is 29.7. The van der Waals surface area contributed by atoms with E-state index in [1.54, 1.807) is 0 Å². The number of rotatable bonds is 3. The monoisotopic (exact) mass is 293 g/mol. The molecule has 1 aliphatic heterocycles. The maximum absolute atomic E-state index is 11.4. The molecule has 2 fully saturated rings. The molecule has 4 nitrogen and oxygen atoms in total. The van der Waals surface area contributed by atoms with Gasteiger partial charge in [-0.1, -0.05) is 12.5 Å². The number of hydrogen-bond acceptors (Lipinski definition) is 3. The van der Waals surface area contributed by atoms with Gasteiger partial charge in [-0.2, -0.15) is 0 Å². The number of nitrogens with zero attached hydrogens (tertiary/aromatic N) is 2. The molecular weight excluding hydrogens is 270 g/mol.